The van der Waals surface area contributed by atoms with E-state index in [-0.39, 0.29) is 5.82 Å². The zero-order valence-corrected chi connectivity index (χ0v) is 16.1. The van der Waals surface area contributed by atoms with Crippen LogP contribution in [0.2, 0.25) is 0 Å². The summed E-state index contributed by atoms with van der Waals surface area (Å²) in [5.41, 5.74) is 9.48. The van der Waals surface area contributed by atoms with Crippen molar-refractivity contribution in [1.82, 2.24) is 4.90 Å². The molecule has 6 heteroatoms. The maximum atomic E-state index is 14.6. The molecule has 0 aliphatic carbocycles. The van der Waals surface area contributed by atoms with Crippen molar-refractivity contribution in [3.05, 3.63) is 59.4 Å². The van der Waals surface area contributed by atoms with Gasteiger partial charge in [0.25, 0.3) is 0 Å². The molecule has 0 saturated carbocycles. The summed E-state index contributed by atoms with van der Waals surface area (Å²) in [5, 5.41) is 3.05. The van der Waals surface area contributed by atoms with Crippen molar-refractivity contribution >= 4 is 17.3 Å². The second-order valence-corrected chi connectivity index (χ2v) is 6.90. The summed E-state index contributed by atoms with van der Waals surface area (Å²) in [5.74, 6) is 0.122. The molecule has 1 aliphatic heterocycles. The molecule has 0 unspecified atom stereocenters. The molecular weight excluding hydrogens is 341 g/mol. The van der Waals surface area contributed by atoms with E-state index in [1.54, 1.807) is 6.07 Å². The number of halogens is 1. The van der Waals surface area contributed by atoms with Crippen molar-refractivity contribution in [2.45, 2.75) is 20.4 Å². The van der Waals surface area contributed by atoms with Gasteiger partial charge in [0.15, 0.2) is 5.96 Å². The van der Waals surface area contributed by atoms with E-state index in [0.717, 1.165) is 44.0 Å². The average Bonchev–Trinajstić information content (AvgIpc) is 2.68. The summed E-state index contributed by atoms with van der Waals surface area (Å²) in [6, 6.07) is 13.2. The van der Waals surface area contributed by atoms with Gasteiger partial charge in [-0.3, -0.25) is 0 Å². The molecule has 0 amide bonds. The molecule has 1 fully saturated rings. The van der Waals surface area contributed by atoms with Crippen LogP contribution in [0.15, 0.2) is 47.5 Å². The SMILES string of the molecule is CCN1CCN(c2ccc(CN=C(N)Nc3ccc(C)cc3)cc2F)CC1. The molecule has 0 radical (unpaired) electrons. The highest BCUT2D eigenvalue weighted by molar-refractivity contribution is 5.92. The summed E-state index contributed by atoms with van der Waals surface area (Å²) in [6.07, 6.45) is 0. The Kier molecular flexibility index (Phi) is 6.29. The first-order chi connectivity index (χ1) is 13.0. The predicted molar refractivity (Wildman–Crippen MR) is 111 cm³/mol. The Morgan fingerprint density at radius 2 is 1.81 bits per heavy atom. The number of nitrogens with two attached hydrogens (primary N) is 1. The fraction of sp³-hybridized carbons (Fsp3) is 0.381. The first-order valence-electron chi connectivity index (χ1n) is 9.44. The average molecular weight is 369 g/mol. The predicted octanol–water partition coefficient (Wildman–Crippen LogP) is 3.20. The molecule has 1 saturated heterocycles. The zero-order chi connectivity index (χ0) is 19.2. The molecular formula is C21H28FN5. The van der Waals surface area contributed by atoms with E-state index in [9.17, 15) is 4.39 Å². The number of piperazine rings is 1. The van der Waals surface area contributed by atoms with Crippen LogP contribution in [0.4, 0.5) is 15.8 Å². The van der Waals surface area contributed by atoms with Gasteiger partial charge in [0.05, 0.1) is 12.2 Å². The molecule has 1 heterocycles. The Balaban J connectivity index is 1.59. The molecule has 3 rings (SSSR count). The van der Waals surface area contributed by atoms with Gasteiger partial charge in [-0.15, -0.1) is 0 Å². The number of anilines is 2. The summed E-state index contributed by atoms with van der Waals surface area (Å²) in [4.78, 5) is 8.80. The third-order valence-corrected chi connectivity index (χ3v) is 4.93. The quantitative estimate of drug-likeness (QED) is 0.628. The zero-order valence-electron chi connectivity index (χ0n) is 16.1. The molecule has 0 atom stereocenters. The highest BCUT2D eigenvalue weighted by Gasteiger charge is 2.18. The van der Waals surface area contributed by atoms with E-state index in [4.69, 9.17) is 5.73 Å². The second kappa shape index (κ2) is 8.86. The first kappa shape index (κ1) is 19.2. The van der Waals surface area contributed by atoms with Crippen molar-refractivity contribution in [2.24, 2.45) is 10.7 Å². The van der Waals surface area contributed by atoms with Crippen LogP contribution in [0.1, 0.15) is 18.1 Å². The Morgan fingerprint density at radius 1 is 1.11 bits per heavy atom. The van der Waals surface area contributed by atoms with Crippen LogP contribution < -0.4 is 16.0 Å². The number of rotatable bonds is 5. The lowest BCUT2D eigenvalue weighted by atomic mass is 10.1. The van der Waals surface area contributed by atoms with Crippen molar-refractivity contribution in [3.8, 4) is 0 Å². The lowest BCUT2D eigenvalue weighted by Gasteiger charge is -2.35. The third kappa shape index (κ3) is 5.20. The van der Waals surface area contributed by atoms with E-state index in [1.165, 1.54) is 5.56 Å². The molecule has 2 aromatic carbocycles. The summed E-state index contributed by atoms with van der Waals surface area (Å²) >= 11 is 0. The van der Waals surface area contributed by atoms with Gasteiger partial charge >= 0.3 is 0 Å². The van der Waals surface area contributed by atoms with E-state index in [1.807, 2.05) is 43.3 Å². The summed E-state index contributed by atoms with van der Waals surface area (Å²) in [6.45, 7) is 9.24. The number of nitrogens with zero attached hydrogens (tertiary/aromatic N) is 3. The van der Waals surface area contributed by atoms with Crippen LogP contribution in [0.5, 0.6) is 0 Å². The topological polar surface area (TPSA) is 56.9 Å². The van der Waals surface area contributed by atoms with Crippen LogP contribution in [0.3, 0.4) is 0 Å². The van der Waals surface area contributed by atoms with E-state index < -0.39 is 0 Å². The van der Waals surface area contributed by atoms with Crippen molar-refractivity contribution in [2.75, 3.05) is 42.9 Å². The fourth-order valence-corrected chi connectivity index (χ4v) is 3.21. The molecule has 2 aromatic rings. The van der Waals surface area contributed by atoms with Gasteiger partial charge in [-0.25, -0.2) is 9.38 Å². The lowest BCUT2D eigenvalue weighted by molar-refractivity contribution is 0.270. The fourth-order valence-electron chi connectivity index (χ4n) is 3.21. The highest BCUT2D eigenvalue weighted by Crippen LogP contribution is 2.22. The number of guanidine groups is 1. The maximum Gasteiger partial charge on any atom is 0.193 e. The number of aliphatic imine (C=N–C) groups is 1. The number of aryl methyl sites for hydroxylation is 1. The Morgan fingerprint density at radius 3 is 2.44 bits per heavy atom. The van der Waals surface area contributed by atoms with E-state index in [0.29, 0.717) is 18.2 Å². The summed E-state index contributed by atoms with van der Waals surface area (Å²) in [7, 11) is 0. The number of hydrogen-bond acceptors (Lipinski definition) is 3. The highest BCUT2D eigenvalue weighted by atomic mass is 19.1. The standard InChI is InChI=1S/C21H28FN5/c1-3-26-10-12-27(13-11-26)20-9-6-17(14-19(20)22)15-24-21(23)25-18-7-4-16(2)5-8-18/h4-9,14H,3,10-13,15H2,1-2H3,(H3,23,24,25). The van der Waals surface area contributed by atoms with Gasteiger partial charge < -0.3 is 20.9 Å². The Labute approximate surface area is 160 Å². The minimum Gasteiger partial charge on any atom is -0.370 e. The Bertz CT molecular complexity index is 780. The van der Waals surface area contributed by atoms with Crippen LogP contribution in [-0.2, 0) is 6.54 Å². The number of benzene rings is 2. The van der Waals surface area contributed by atoms with Crippen LogP contribution in [0, 0.1) is 12.7 Å². The van der Waals surface area contributed by atoms with Gasteiger partial charge in [0, 0.05) is 31.9 Å². The van der Waals surface area contributed by atoms with Crippen molar-refractivity contribution in [3.63, 3.8) is 0 Å². The smallest absolute Gasteiger partial charge is 0.193 e. The van der Waals surface area contributed by atoms with Crippen LogP contribution >= 0.6 is 0 Å². The number of nitrogens with one attached hydrogen (secondary N) is 1. The monoisotopic (exact) mass is 369 g/mol. The molecule has 0 spiro atoms. The molecule has 0 bridgehead atoms. The van der Waals surface area contributed by atoms with Crippen molar-refractivity contribution < 1.29 is 4.39 Å². The molecule has 144 valence electrons. The Hall–Kier alpha value is -2.60. The van der Waals surface area contributed by atoms with Gasteiger partial charge in [0.2, 0.25) is 0 Å². The second-order valence-electron chi connectivity index (χ2n) is 6.90. The lowest BCUT2D eigenvalue weighted by Crippen LogP contribution is -2.46. The number of hydrogen-bond donors (Lipinski definition) is 2. The molecule has 1 aliphatic rings. The van der Waals surface area contributed by atoms with Gasteiger partial charge in [-0.2, -0.15) is 0 Å². The van der Waals surface area contributed by atoms with Crippen LogP contribution in [0.25, 0.3) is 0 Å². The molecule has 5 nitrogen and oxygen atoms in total. The minimum atomic E-state index is -0.197. The maximum absolute atomic E-state index is 14.6. The number of likely N-dealkylation sites (N-methyl/N-ethyl adjacent to an activating group) is 1. The third-order valence-electron chi connectivity index (χ3n) is 4.93. The molecule has 0 aromatic heterocycles. The van der Waals surface area contributed by atoms with E-state index >= 15 is 0 Å². The van der Waals surface area contributed by atoms with Crippen molar-refractivity contribution in [1.29, 1.82) is 0 Å². The van der Waals surface area contributed by atoms with Gasteiger partial charge in [-0.05, 0) is 43.3 Å². The normalized spacial score (nSPS) is 15.8. The summed E-state index contributed by atoms with van der Waals surface area (Å²) < 4.78 is 14.6. The minimum absolute atomic E-state index is 0.197. The van der Waals surface area contributed by atoms with Gasteiger partial charge in [-0.1, -0.05) is 30.7 Å². The van der Waals surface area contributed by atoms with Crippen LogP contribution in [-0.4, -0.2) is 43.6 Å². The van der Waals surface area contributed by atoms with E-state index in [2.05, 4.69) is 27.0 Å². The van der Waals surface area contributed by atoms with Gasteiger partial charge in [0.1, 0.15) is 5.82 Å². The molecule has 3 N–H and O–H groups in total. The molecule has 27 heavy (non-hydrogen) atoms. The largest absolute Gasteiger partial charge is 0.370 e. The first-order valence-corrected chi connectivity index (χ1v) is 9.44.